The predicted octanol–water partition coefficient (Wildman–Crippen LogP) is 5.07. The van der Waals surface area contributed by atoms with E-state index in [1.807, 2.05) is 42.5 Å². The van der Waals surface area contributed by atoms with Gasteiger partial charge in [-0.3, -0.25) is 14.5 Å². The van der Waals surface area contributed by atoms with E-state index < -0.39 is 23.2 Å². The highest BCUT2D eigenvalue weighted by molar-refractivity contribution is 14.1. The Kier molecular flexibility index (Phi) is 7.80. The Morgan fingerprint density at radius 3 is 2.40 bits per heavy atom. The second-order valence-corrected chi connectivity index (χ2v) is 9.66. The fourth-order valence-electron chi connectivity index (χ4n) is 2.77. The van der Waals surface area contributed by atoms with E-state index in [-0.39, 0.29) is 4.91 Å². The van der Waals surface area contributed by atoms with Gasteiger partial charge in [0.15, 0.2) is 0 Å². The molecule has 2 aromatic carbocycles. The topological polar surface area (TPSA) is 72.9 Å². The molecule has 0 aromatic heterocycles. The number of thioether (sulfide) groups is 1. The summed E-state index contributed by atoms with van der Waals surface area (Å²) >= 11 is 5.19. The monoisotopic (exact) mass is 649 g/mol. The van der Waals surface area contributed by atoms with Gasteiger partial charge in [0.1, 0.15) is 18.4 Å². The van der Waals surface area contributed by atoms with Crippen molar-refractivity contribution in [2.45, 2.75) is 19.6 Å². The second-order valence-electron chi connectivity index (χ2n) is 6.34. The zero-order valence-electron chi connectivity index (χ0n) is 16.1. The highest BCUT2D eigenvalue weighted by atomic mass is 127. The molecule has 1 atom stereocenters. The molecule has 0 N–H and O–H groups in total. The number of hydrogen-bond donors (Lipinski definition) is 0. The van der Waals surface area contributed by atoms with Gasteiger partial charge >= 0.3 is 5.97 Å². The van der Waals surface area contributed by atoms with Crippen LogP contribution in [0.1, 0.15) is 18.1 Å². The van der Waals surface area contributed by atoms with Crippen molar-refractivity contribution in [2.75, 3.05) is 7.11 Å². The van der Waals surface area contributed by atoms with E-state index in [4.69, 9.17) is 4.74 Å². The number of ether oxygens (including phenoxy) is 2. The van der Waals surface area contributed by atoms with Gasteiger partial charge in [-0.1, -0.05) is 30.3 Å². The Labute approximate surface area is 205 Å². The third-order valence-corrected chi connectivity index (χ3v) is 6.78. The molecule has 9 heteroatoms. The summed E-state index contributed by atoms with van der Waals surface area (Å²) in [6, 6.07) is 12.7. The van der Waals surface area contributed by atoms with Crippen LogP contribution in [0.25, 0.3) is 6.08 Å². The van der Waals surface area contributed by atoms with E-state index in [0.29, 0.717) is 6.61 Å². The maximum absolute atomic E-state index is 12.7. The molecule has 1 aliphatic heterocycles. The zero-order chi connectivity index (χ0) is 21.8. The molecule has 156 valence electrons. The Hall–Kier alpha value is -1.60. The van der Waals surface area contributed by atoms with Gasteiger partial charge in [-0.15, -0.1) is 0 Å². The maximum atomic E-state index is 12.7. The molecule has 1 saturated heterocycles. The summed E-state index contributed by atoms with van der Waals surface area (Å²) in [5.41, 5.74) is 1.84. The first-order valence-electron chi connectivity index (χ1n) is 8.82. The van der Waals surface area contributed by atoms with Crippen molar-refractivity contribution in [3.8, 4) is 5.75 Å². The molecule has 0 bridgehead atoms. The summed E-state index contributed by atoms with van der Waals surface area (Å²) in [6.45, 7) is 1.92. The van der Waals surface area contributed by atoms with Crippen LogP contribution in [0.5, 0.6) is 5.75 Å². The lowest BCUT2D eigenvalue weighted by Gasteiger charge is -2.18. The SMILES string of the molecule is COC(=O)[C@@H](C)N1C(=O)S/C(=C/c2cc(I)c(OCc3ccccc3)c(I)c2)C1=O. The van der Waals surface area contributed by atoms with Crippen LogP contribution in [-0.2, 0) is 20.9 Å². The molecular weight excluding hydrogens is 632 g/mol. The average Bonchev–Trinajstić information content (AvgIpc) is 2.99. The molecule has 30 heavy (non-hydrogen) atoms. The van der Waals surface area contributed by atoms with E-state index in [9.17, 15) is 14.4 Å². The van der Waals surface area contributed by atoms with Gasteiger partial charge in [-0.05, 0) is 93.2 Å². The average molecular weight is 649 g/mol. The summed E-state index contributed by atoms with van der Waals surface area (Å²) in [7, 11) is 1.22. The molecule has 0 unspecified atom stereocenters. The zero-order valence-corrected chi connectivity index (χ0v) is 21.2. The number of imide groups is 1. The first-order chi connectivity index (χ1) is 14.3. The van der Waals surface area contributed by atoms with Crippen molar-refractivity contribution < 1.29 is 23.9 Å². The molecule has 1 heterocycles. The third kappa shape index (κ3) is 5.17. The van der Waals surface area contributed by atoms with Crippen molar-refractivity contribution in [1.82, 2.24) is 4.90 Å². The van der Waals surface area contributed by atoms with Crippen LogP contribution in [0.4, 0.5) is 4.79 Å². The Morgan fingerprint density at radius 2 is 1.80 bits per heavy atom. The Balaban J connectivity index is 1.80. The summed E-state index contributed by atoms with van der Waals surface area (Å²) in [5.74, 6) is -0.371. The molecule has 6 nitrogen and oxygen atoms in total. The third-order valence-electron chi connectivity index (χ3n) is 4.30. The molecule has 1 aliphatic rings. The lowest BCUT2D eigenvalue weighted by atomic mass is 10.2. The smallest absolute Gasteiger partial charge is 0.328 e. The molecule has 0 aliphatic carbocycles. The molecule has 0 radical (unpaired) electrons. The van der Waals surface area contributed by atoms with E-state index in [1.54, 1.807) is 6.08 Å². The lowest BCUT2D eigenvalue weighted by Crippen LogP contribution is -2.42. The number of amides is 2. The highest BCUT2D eigenvalue weighted by Crippen LogP contribution is 2.36. The maximum Gasteiger partial charge on any atom is 0.328 e. The van der Waals surface area contributed by atoms with Crippen LogP contribution < -0.4 is 4.74 Å². The van der Waals surface area contributed by atoms with Crippen LogP contribution >= 0.6 is 56.9 Å². The Morgan fingerprint density at radius 1 is 1.17 bits per heavy atom. The largest absolute Gasteiger partial charge is 0.487 e. The predicted molar refractivity (Wildman–Crippen MR) is 132 cm³/mol. The molecule has 0 saturated carbocycles. The van der Waals surface area contributed by atoms with Crippen LogP contribution in [-0.4, -0.2) is 35.2 Å². The number of nitrogens with zero attached hydrogens (tertiary/aromatic N) is 1. The van der Waals surface area contributed by atoms with E-state index in [2.05, 4.69) is 49.9 Å². The van der Waals surface area contributed by atoms with Gasteiger partial charge < -0.3 is 9.47 Å². The number of benzene rings is 2. The van der Waals surface area contributed by atoms with Crippen molar-refractivity contribution in [1.29, 1.82) is 0 Å². The van der Waals surface area contributed by atoms with Crippen LogP contribution in [0, 0.1) is 7.14 Å². The molecule has 2 aromatic rings. The van der Waals surface area contributed by atoms with Gasteiger partial charge in [0.05, 0.1) is 19.2 Å². The minimum Gasteiger partial charge on any atom is -0.487 e. The van der Waals surface area contributed by atoms with E-state index in [0.717, 1.165) is 40.7 Å². The van der Waals surface area contributed by atoms with Gasteiger partial charge in [-0.25, -0.2) is 4.79 Å². The van der Waals surface area contributed by atoms with Crippen molar-refractivity contribution in [2.24, 2.45) is 0 Å². The normalized spacial score (nSPS) is 16.1. The summed E-state index contributed by atoms with van der Waals surface area (Å²) < 4.78 is 12.4. The van der Waals surface area contributed by atoms with E-state index >= 15 is 0 Å². The first-order valence-corrected chi connectivity index (χ1v) is 11.8. The first kappa shape index (κ1) is 23.1. The molecular formula is C21H17I2NO5S. The standard InChI is InChI=1S/C21H17I2NO5S/c1-12(20(26)28-2)24-19(25)17(30-21(24)27)10-14-8-15(22)18(16(23)9-14)29-11-13-6-4-3-5-7-13/h3-10,12H,11H2,1-2H3/b17-10+/t12-/m1/s1. The minimum atomic E-state index is -0.970. The van der Waals surface area contributed by atoms with Crippen LogP contribution in [0.15, 0.2) is 47.4 Å². The van der Waals surface area contributed by atoms with E-state index in [1.165, 1.54) is 14.0 Å². The summed E-state index contributed by atoms with van der Waals surface area (Å²) in [5, 5.41) is -0.489. The molecule has 1 fully saturated rings. The summed E-state index contributed by atoms with van der Waals surface area (Å²) in [6.07, 6.45) is 1.65. The fraction of sp³-hybridized carbons (Fsp3) is 0.190. The fourth-order valence-corrected chi connectivity index (χ4v) is 5.81. The minimum absolute atomic E-state index is 0.264. The molecule has 2 amide bonds. The second kappa shape index (κ2) is 10.1. The number of methoxy groups -OCH3 is 1. The van der Waals surface area contributed by atoms with Crippen LogP contribution in [0.3, 0.4) is 0 Å². The molecule has 0 spiro atoms. The highest BCUT2D eigenvalue weighted by Gasteiger charge is 2.41. The number of halogens is 2. The van der Waals surface area contributed by atoms with Crippen molar-refractivity contribution in [3.63, 3.8) is 0 Å². The van der Waals surface area contributed by atoms with Gasteiger partial charge in [0, 0.05) is 0 Å². The Bertz CT molecular complexity index is 1000. The van der Waals surface area contributed by atoms with Gasteiger partial charge in [0.2, 0.25) is 0 Å². The number of rotatable bonds is 6. The van der Waals surface area contributed by atoms with Gasteiger partial charge in [-0.2, -0.15) is 0 Å². The van der Waals surface area contributed by atoms with Gasteiger partial charge in [0.25, 0.3) is 11.1 Å². The quantitative estimate of drug-likeness (QED) is 0.247. The molecule has 3 rings (SSSR count). The number of carbonyl (C=O) groups is 3. The van der Waals surface area contributed by atoms with Crippen molar-refractivity contribution in [3.05, 3.63) is 65.6 Å². The summed E-state index contributed by atoms with van der Waals surface area (Å²) in [4.78, 5) is 37.8. The number of carbonyl (C=O) groups excluding carboxylic acids is 3. The number of esters is 1. The van der Waals surface area contributed by atoms with Crippen molar-refractivity contribution >= 4 is 80.1 Å². The van der Waals surface area contributed by atoms with Crippen LogP contribution in [0.2, 0.25) is 0 Å². The number of hydrogen-bond acceptors (Lipinski definition) is 6. The lowest BCUT2D eigenvalue weighted by molar-refractivity contribution is -0.148.